The molecule has 15 heavy (non-hydrogen) atoms. The molecule has 1 saturated heterocycles. The number of methoxy groups -OCH3 is 1. The van der Waals surface area contributed by atoms with Crippen molar-refractivity contribution in [2.24, 2.45) is 5.73 Å². The Morgan fingerprint density at radius 3 is 3.07 bits per heavy atom. The Bertz CT molecular complexity index is 199. The second kappa shape index (κ2) is 6.76. The molecule has 0 aromatic carbocycles. The first-order chi connectivity index (χ1) is 7.25. The van der Waals surface area contributed by atoms with Crippen LogP contribution in [0.5, 0.6) is 0 Å². The molecule has 1 fully saturated rings. The topological polar surface area (TPSA) is 67.6 Å². The van der Waals surface area contributed by atoms with Gasteiger partial charge >= 0.3 is 0 Å². The number of hydrogen-bond donors (Lipinski definition) is 2. The lowest BCUT2D eigenvalue weighted by Crippen LogP contribution is -2.56. The van der Waals surface area contributed by atoms with Gasteiger partial charge in [-0.15, -0.1) is 0 Å². The number of unbranched alkanes of at least 4 members (excludes halogenated alkanes) is 1. The normalized spacial score (nSPS) is 22.9. The Labute approximate surface area is 90.9 Å². The summed E-state index contributed by atoms with van der Waals surface area (Å²) in [5.41, 5.74) is 5.34. The van der Waals surface area contributed by atoms with Gasteiger partial charge in [0.1, 0.15) is 6.04 Å². The highest BCUT2D eigenvalue weighted by atomic mass is 16.5. The smallest absolute Gasteiger partial charge is 0.236 e. The maximum absolute atomic E-state index is 11.2. The van der Waals surface area contributed by atoms with Crippen molar-refractivity contribution in [1.82, 2.24) is 10.2 Å². The fourth-order valence-corrected chi connectivity index (χ4v) is 1.86. The van der Waals surface area contributed by atoms with Crippen molar-refractivity contribution < 1.29 is 9.53 Å². The number of piperazine rings is 1. The fourth-order valence-electron chi connectivity index (χ4n) is 1.86. The predicted molar refractivity (Wildman–Crippen MR) is 58.5 cm³/mol. The highest BCUT2D eigenvalue weighted by Gasteiger charge is 2.25. The maximum Gasteiger partial charge on any atom is 0.236 e. The molecule has 0 aromatic rings. The molecular formula is C10H21N3O2. The Balaban J connectivity index is 2.26. The highest BCUT2D eigenvalue weighted by Crippen LogP contribution is 2.05. The number of carbonyl (C=O) groups excluding carboxylic acids is 1. The molecule has 1 rings (SSSR count). The summed E-state index contributed by atoms with van der Waals surface area (Å²) < 4.78 is 4.98. The number of nitrogens with zero attached hydrogens (tertiary/aromatic N) is 1. The van der Waals surface area contributed by atoms with Crippen molar-refractivity contribution in [1.29, 1.82) is 0 Å². The number of primary amides is 1. The molecule has 0 spiro atoms. The van der Waals surface area contributed by atoms with Gasteiger partial charge in [-0.1, -0.05) is 0 Å². The van der Waals surface area contributed by atoms with E-state index >= 15 is 0 Å². The predicted octanol–water partition coefficient (Wildman–Crippen LogP) is -0.828. The monoisotopic (exact) mass is 215 g/mol. The van der Waals surface area contributed by atoms with E-state index in [1.165, 1.54) is 0 Å². The van der Waals surface area contributed by atoms with Crippen LogP contribution < -0.4 is 11.1 Å². The largest absolute Gasteiger partial charge is 0.385 e. The molecule has 1 heterocycles. The first-order valence-corrected chi connectivity index (χ1v) is 5.48. The number of rotatable bonds is 6. The third-order valence-corrected chi connectivity index (χ3v) is 2.73. The molecule has 1 unspecified atom stereocenters. The second-order valence-corrected chi connectivity index (χ2v) is 3.86. The molecule has 1 atom stereocenters. The second-order valence-electron chi connectivity index (χ2n) is 3.86. The van der Waals surface area contributed by atoms with Gasteiger partial charge in [0, 0.05) is 33.4 Å². The summed E-state index contributed by atoms with van der Waals surface area (Å²) in [7, 11) is 1.71. The third-order valence-electron chi connectivity index (χ3n) is 2.73. The Kier molecular flexibility index (Phi) is 5.60. The summed E-state index contributed by atoms with van der Waals surface area (Å²) in [5, 5.41) is 3.18. The summed E-state index contributed by atoms with van der Waals surface area (Å²) in [6, 6.07) is -0.138. The van der Waals surface area contributed by atoms with Crippen molar-refractivity contribution in [3.05, 3.63) is 0 Å². The summed E-state index contributed by atoms with van der Waals surface area (Å²) >= 11 is 0. The molecule has 0 bridgehead atoms. The van der Waals surface area contributed by atoms with Gasteiger partial charge in [-0.2, -0.15) is 0 Å². The van der Waals surface area contributed by atoms with E-state index in [1.807, 2.05) is 0 Å². The van der Waals surface area contributed by atoms with Crippen LogP contribution in [0.15, 0.2) is 0 Å². The standard InChI is InChI=1S/C10H21N3O2/c1-15-7-3-2-5-13-6-4-12-8-9(13)10(11)14/h9,12H,2-8H2,1H3,(H2,11,14). The van der Waals surface area contributed by atoms with Crippen LogP contribution in [0.1, 0.15) is 12.8 Å². The molecule has 0 radical (unpaired) electrons. The number of nitrogens with two attached hydrogens (primary N) is 1. The first-order valence-electron chi connectivity index (χ1n) is 5.48. The van der Waals surface area contributed by atoms with Gasteiger partial charge < -0.3 is 15.8 Å². The molecule has 1 aliphatic rings. The lowest BCUT2D eigenvalue weighted by molar-refractivity contribution is -0.123. The lowest BCUT2D eigenvalue weighted by atomic mass is 10.1. The summed E-state index contributed by atoms with van der Waals surface area (Å²) in [6.07, 6.45) is 2.09. The van der Waals surface area contributed by atoms with Gasteiger partial charge in [0.05, 0.1) is 0 Å². The molecule has 5 nitrogen and oxygen atoms in total. The van der Waals surface area contributed by atoms with Crippen LogP contribution in [0.4, 0.5) is 0 Å². The number of hydrogen-bond acceptors (Lipinski definition) is 4. The molecule has 0 saturated carbocycles. The van der Waals surface area contributed by atoms with Crippen LogP contribution >= 0.6 is 0 Å². The van der Waals surface area contributed by atoms with Crippen molar-refractivity contribution in [3.8, 4) is 0 Å². The zero-order chi connectivity index (χ0) is 11.1. The lowest BCUT2D eigenvalue weighted by Gasteiger charge is -2.34. The average molecular weight is 215 g/mol. The quantitative estimate of drug-likeness (QED) is 0.568. The van der Waals surface area contributed by atoms with Gasteiger partial charge in [-0.3, -0.25) is 9.69 Å². The van der Waals surface area contributed by atoms with Crippen LogP contribution in [0.2, 0.25) is 0 Å². The molecule has 3 N–H and O–H groups in total. The van der Waals surface area contributed by atoms with E-state index in [1.54, 1.807) is 7.11 Å². The number of ether oxygens (including phenoxy) is 1. The van der Waals surface area contributed by atoms with E-state index in [9.17, 15) is 4.79 Å². The van der Waals surface area contributed by atoms with E-state index < -0.39 is 0 Å². The Morgan fingerprint density at radius 1 is 1.60 bits per heavy atom. The molecule has 5 heteroatoms. The minimum atomic E-state index is -0.228. The fraction of sp³-hybridized carbons (Fsp3) is 0.900. The summed E-state index contributed by atoms with van der Waals surface area (Å²) in [5.74, 6) is -0.228. The van der Waals surface area contributed by atoms with Gasteiger partial charge in [-0.05, 0) is 19.4 Å². The van der Waals surface area contributed by atoms with Gasteiger partial charge in [0.25, 0.3) is 0 Å². The van der Waals surface area contributed by atoms with Crippen LogP contribution in [-0.4, -0.2) is 56.7 Å². The maximum atomic E-state index is 11.2. The Hall–Kier alpha value is -0.650. The van der Waals surface area contributed by atoms with Crippen LogP contribution in [0.25, 0.3) is 0 Å². The van der Waals surface area contributed by atoms with E-state index in [4.69, 9.17) is 10.5 Å². The van der Waals surface area contributed by atoms with Gasteiger partial charge in [-0.25, -0.2) is 0 Å². The van der Waals surface area contributed by atoms with E-state index in [2.05, 4.69) is 10.2 Å². The molecule has 0 aliphatic carbocycles. The first kappa shape index (κ1) is 12.4. The molecule has 88 valence electrons. The highest BCUT2D eigenvalue weighted by molar-refractivity contribution is 5.80. The van der Waals surface area contributed by atoms with Crippen LogP contribution in [0, 0.1) is 0 Å². The van der Waals surface area contributed by atoms with Crippen molar-refractivity contribution in [2.75, 3.05) is 39.9 Å². The Morgan fingerprint density at radius 2 is 2.40 bits per heavy atom. The minimum Gasteiger partial charge on any atom is -0.385 e. The van der Waals surface area contributed by atoms with E-state index in [0.717, 1.165) is 39.1 Å². The molecular weight excluding hydrogens is 194 g/mol. The molecule has 1 aliphatic heterocycles. The third kappa shape index (κ3) is 4.15. The van der Waals surface area contributed by atoms with E-state index in [0.29, 0.717) is 6.54 Å². The van der Waals surface area contributed by atoms with Crippen LogP contribution in [-0.2, 0) is 9.53 Å². The molecule has 0 aromatic heterocycles. The van der Waals surface area contributed by atoms with Crippen molar-refractivity contribution in [2.45, 2.75) is 18.9 Å². The van der Waals surface area contributed by atoms with Crippen molar-refractivity contribution >= 4 is 5.91 Å². The van der Waals surface area contributed by atoms with Crippen molar-refractivity contribution in [3.63, 3.8) is 0 Å². The number of nitrogens with one attached hydrogen (secondary N) is 1. The molecule has 1 amide bonds. The zero-order valence-electron chi connectivity index (χ0n) is 9.37. The number of amides is 1. The zero-order valence-corrected chi connectivity index (χ0v) is 9.37. The van der Waals surface area contributed by atoms with Crippen LogP contribution in [0.3, 0.4) is 0 Å². The summed E-state index contributed by atoms with van der Waals surface area (Å²) in [6.45, 7) is 4.24. The van der Waals surface area contributed by atoms with E-state index in [-0.39, 0.29) is 11.9 Å². The van der Waals surface area contributed by atoms with Gasteiger partial charge in [0.2, 0.25) is 5.91 Å². The van der Waals surface area contributed by atoms with Gasteiger partial charge in [0.15, 0.2) is 0 Å². The average Bonchev–Trinajstić information content (AvgIpc) is 2.25. The minimum absolute atomic E-state index is 0.138. The number of carbonyl (C=O) groups is 1. The SMILES string of the molecule is COCCCCN1CCNCC1C(N)=O. The summed E-state index contributed by atoms with van der Waals surface area (Å²) in [4.78, 5) is 13.3.